The summed E-state index contributed by atoms with van der Waals surface area (Å²) in [7, 11) is -3.69. The molecule has 3 rings (SSSR count). The summed E-state index contributed by atoms with van der Waals surface area (Å²) in [6, 6.07) is 10.1. The van der Waals surface area contributed by atoms with Crippen molar-refractivity contribution < 1.29 is 8.42 Å². The van der Waals surface area contributed by atoms with Crippen LogP contribution in [0.2, 0.25) is 0 Å². The van der Waals surface area contributed by atoms with Gasteiger partial charge in [0.05, 0.1) is 20.8 Å². The lowest BCUT2D eigenvalue weighted by molar-refractivity contribution is 0.601. The standard InChI is InChI=1S/C15H14N2O3S2/c1-9-3-5-12(10(2)7-9)17-22(19,20)11-4-6-13-14(8-11)21-15(18)16-13/h3-8,17H,1-2H3,(H,16,18). The van der Waals surface area contributed by atoms with Gasteiger partial charge in [-0.2, -0.15) is 0 Å². The number of rotatable bonds is 3. The van der Waals surface area contributed by atoms with Gasteiger partial charge in [0.1, 0.15) is 0 Å². The molecular formula is C15H14N2O3S2. The number of H-pyrrole nitrogens is 1. The van der Waals surface area contributed by atoms with Crippen molar-refractivity contribution in [3.8, 4) is 0 Å². The molecule has 0 aliphatic heterocycles. The van der Waals surface area contributed by atoms with Crippen molar-refractivity contribution in [1.29, 1.82) is 0 Å². The summed E-state index contributed by atoms with van der Waals surface area (Å²) in [5.74, 6) is 0. The average Bonchev–Trinajstić information content (AvgIpc) is 2.81. The fourth-order valence-corrected chi connectivity index (χ4v) is 4.23. The number of aromatic nitrogens is 1. The number of anilines is 1. The number of sulfonamides is 1. The molecule has 0 unspecified atom stereocenters. The minimum absolute atomic E-state index is 0.134. The van der Waals surface area contributed by atoms with Crippen LogP contribution in [0.4, 0.5) is 5.69 Å². The molecule has 1 heterocycles. The van der Waals surface area contributed by atoms with E-state index in [1.165, 1.54) is 12.1 Å². The molecule has 0 saturated heterocycles. The highest BCUT2D eigenvalue weighted by atomic mass is 32.2. The maximum atomic E-state index is 12.5. The molecule has 0 bridgehead atoms. The van der Waals surface area contributed by atoms with Crippen LogP contribution in [0.25, 0.3) is 10.2 Å². The summed E-state index contributed by atoms with van der Waals surface area (Å²) >= 11 is 0.990. The molecule has 3 aromatic rings. The highest BCUT2D eigenvalue weighted by molar-refractivity contribution is 7.92. The van der Waals surface area contributed by atoms with Crippen molar-refractivity contribution in [2.75, 3.05) is 4.72 Å². The summed E-state index contributed by atoms with van der Waals surface area (Å²) in [4.78, 5) is 13.9. The van der Waals surface area contributed by atoms with Crippen LogP contribution in [-0.4, -0.2) is 13.4 Å². The molecule has 0 amide bonds. The number of nitrogens with one attached hydrogen (secondary N) is 2. The molecule has 0 saturated carbocycles. The number of aryl methyl sites for hydroxylation is 2. The van der Waals surface area contributed by atoms with Crippen molar-refractivity contribution in [3.05, 3.63) is 57.2 Å². The van der Waals surface area contributed by atoms with Gasteiger partial charge in [-0.15, -0.1) is 0 Å². The number of thiazole rings is 1. The molecule has 0 spiro atoms. The normalized spacial score (nSPS) is 11.7. The first-order chi connectivity index (χ1) is 10.3. The van der Waals surface area contributed by atoms with Crippen LogP contribution in [-0.2, 0) is 10.0 Å². The monoisotopic (exact) mass is 334 g/mol. The second-order valence-corrected chi connectivity index (χ2v) is 7.79. The molecule has 22 heavy (non-hydrogen) atoms. The third-order valence-electron chi connectivity index (χ3n) is 3.33. The Bertz CT molecular complexity index is 1020. The molecule has 2 aromatic carbocycles. The SMILES string of the molecule is Cc1ccc(NS(=O)(=O)c2ccc3[nH]c(=O)sc3c2)c(C)c1. The zero-order chi connectivity index (χ0) is 15.9. The lowest BCUT2D eigenvalue weighted by Crippen LogP contribution is -2.13. The van der Waals surface area contributed by atoms with Gasteiger partial charge in [0.2, 0.25) is 0 Å². The van der Waals surface area contributed by atoms with Crippen LogP contribution in [0, 0.1) is 13.8 Å². The molecule has 7 heteroatoms. The summed E-state index contributed by atoms with van der Waals surface area (Å²) in [5.41, 5.74) is 3.11. The van der Waals surface area contributed by atoms with Gasteiger partial charge < -0.3 is 4.98 Å². The predicted octanol–water partition coefficient (Wildman–Crippen LogP) is 3.01. The lowest BCUT2D eigenvalue weighted by atomic mass is 10.1. The fraction of sp³-hybridized carbons (Fsp3) is 0.133. The van der Waals surface area contributed by atoms with Crippen molar-refractivity contribution >= 4 is 37.3 Å². The molecule has 5 nitrogen and oxygen atoms in total. The van der Waals surface area contributed by atoms with Crippen molar-refractivity contribution in [1.82, 2.24) is 4.98 Å². The van der Waals surface area contributed by atoms with E-state index in [4.69, 9.17) is 0 Å². The van der Waals surface area contributed by atoms with E-state index in [-0.39, 0.29) is 9.77 Å². The van der Waals surface area contributed by atoms with Crippen LogP contribution < -0.4 is 9.60 Å². The Labute approximate surface area is 131 Å². The Morgan fingerprint density at radius 2 is 1.86 bits per heavy atom. The van der Waals surface area contributed by atoms with E-state index in [0.717, 1.165) is 22.5 Å². The van der Waals surface area contributed by atoms with E-state index in [1.54, 1.807) is 12.1 Å². The third-order valence-corrected chi connectivity index (χ3v) is 5.54. The molecule has 1 aromatic heterocycles. The summed E-state index contributed by atoms with van der Waals surface area (Å²) in [6.45, 7) is 3.80. The minimum atomic E-state index is -3.69. The van der Waals surface area contributed by atoms with Gasteiger partial charge in [-0.05, 0) is 43.7 Å². The van der Waals surface area contributed by atoms with Crippen LogP contribution in [0.3, 0.4) is 0 Å². The van der Waals surface area contributed by atoms with E-state index in [1.807, 2.05) is 26.0 Å². The lowest BCUT2D eigenvalue weighted by Gasteiger charge is -2.11. The molecule has 0 radical (unpaired) electrons. The van der Waals surface area contributed by atoms with Crippen LogP contribution >= 0.6 is 11.3 Å². The van der Waals surface area contributed by atoms with Crippen molar-refractivity contribution in [3.63, 3.8) is 0 Å². The van der Waals surface area contributed by atoms with Gasteiger partial charge in [0.15, 0.2) is 0 Å². The summed E-state index contributed by atoms with van der Waals surface area (Å²) < 4.78 is 28.2. The smallest absolute Gasteiger partial charge is 0.305 e. The first-order valence-corrected chi connectivity index (χ1v) is 8.88. The molecule has 114 valence electrons. The number of hydrogen-bond donors (Lipinski definition) is 2. The van der Waals surface area contributed by atoms with Gasteiger partial charge in [0.25, 0.3) is 10.0 Å². The Kier molecular flexibility index (Phi) is 3.54. The van der Waals surface area contributed by atoms with E-state index in [0.29, 0.717) is 15.9 Å². The Morgan fingerprint density at radius 1 is 1.09 bits per heavy atom. The van der Waals surface area contributed by atoms with Crippen molar-refractivity contribution in [2.45, 2.75) is 18.7 Å². The molecule has 0 aliphatic carbocycles. The second-order valence-electron chi connectivity index (χ2n) is 5.10. The van der Waals surface area contributed by atoms with E-state index < -0.39 is 10.0 Å². The maximum Gasteiger partial charge on any atom is 0.305 e. The van der Waals surface area contributed by atoms with Crippen molar-refractivity contribution in [2.24, 2.45) is 0 Å². The second kappa shape index (κ2) is 5.26. The largest absolute Gasteiger partial charge is 0.312 e. The van der Waals surface area contributed by atoms with Crippen LogP contribution in [0.15, 0.2) is 46.1 Å². The van der Waals surface area contributed by atoms with Gasteiger partial charge in [-0.25, -0.2) is 8.42 Å². The Hall–Kier alpha value is -2.12. The summed E-state index contributed by atoms with van der Waals surface area (Å²) in [5, 5.41) is 0. The van der Waals surface area contributed by atoms with Crippen LogP contribution in [0.5, 0.6) is 0 Å². The molecule has 0 atom stereocenters. The van der Waals surface area contributed by atoms with E-state index in [9.17, 15) is 13.2 Å². The predicted molar refractivity (Wildman–Crippen MR) is 89.2 cm³/mol. The summed E-state index contributed by atoms with van der Waals surface area (Å²) in [6.07, 6.45) is 0. The topological polar surface area (TPSA) is 79.0 Å². The number of hydrogen-bond acceptors (Lipinski definition) is 4. The van der Waals surface area contributed by atoms with Gasteiger partial charge >= 0.3 is 4.87 Å². The minimum Gasteiger partial charge on any atom is -0.312 e. The maximum absolute atomic E-state index is 12.5. The molecule has 0 fully saturated rings. The van der Waals surface area contributed by atoms with Gasteiger partial charge in [0, 0.05) is 0 Å². The van der Waals surface area contributed by atoms with E-state index in [2.05, 4.69) is 9.71 Å². The van der Waals surface area contributed by atoms with Gasteiger partial charge in [-0.1, -0.05) is 29.0 Å². The molecule has 0 aliphatic rings. The number of aromatic amines is 1. The highest BCUT2D eigenvalue weighted by Crippen LogP contribution is 2.23. The third kappa shape index (κ3) is 2.77. The van der Waals surface area contributed by atoms with E-state index >= 15 is 0 Å². The first kappa shape index (κ1) is 14.8. The molecular weight excluding hydrogens is 320 g/mol. The quantitative estimate of drug-likeness (QED) is 0.773. The first-order valence-electron chi connectivity index (χ1n) is 6.58. The number of benzene rings is 2. The fourth-order valence-electron chi connectivity index (χ4n) is 2.22. The molecule has 2 N–H and O–H groups in total. The van der Waals surface area contributed by atoms with Crippen LogP contribution in [0.1, 0.15) is 11.1 Å². The zero-order valence-corrected chi connectivity index (χ0v) is 13.6. The Balaban J connectivity index is 2.01. The average molecular weight is 334 g/mol. The van der Waals surface area contributed by atoms with Gasteiger partial charge in [-0.3, -0.25) is 9.52 Å². The zero-order valence-electron chi connectivity index (χ0n) is 12.0. The highest BCUT2D eigenvalue weighted by Gasteiger charge is 2.16. The Morgan fingerprint density at radius 3 is 2.59 bits per heavy atom. The number of fused-ring (bicyclic) bond motifs is 1.